The van der Waals surface area contributed by atoms with Crippen molar-refractivity contribution >= 4 is 32.6 Å². The van der Waals surface area contributed by atoms with Crippen LogP contribution in [0.2, 0.25) is 0 Å². The molecular formula is C28H32FN3O5S. The Labute approximate surface area is 221 Å². The van der Waals surface area contributed by atoms with Gasteiger partial charge in [0.05, 0.1) is 16.1 Å². The topological polar surface area (TPSA) is 99.9 Å². The maximum absolute atomic E-state index is 15.3. The lowest BCUT2D eigenvalue weighted by Gasteiger charge is -2.36. The Morgan fingerprint density at radius 1 is 0.921 bits per heavy atom. The average molecular weight is 542 g/mol. The maximum atomic E-state index is 15.3. The summed E-state index contributed by atoms with van der Waals surface area (Å²) in [6.07, 6.45) is 3.07. The van der Waals surface area contributed by atoms with E-state index >= 15 is 4.39 Å². The second-order valence-corrected chi connectivity index (χ2v) is 12.4. The van der Waals surface area contributed by atoms with Gasteiger partial charge in [0.1, 0.15) is 11.4 Å². The Morgan fingerprint density at radius 3 is 2.00 bits per heavy atom. The van der Waals surface area contributed by atoms with E-state index in [4.69, 9.17) is 0 Å². The third-order valence-electron chi connectivity index (χ3n) is 8.38. The number of hydrogen-bond donors (Lipinski definition) is 1. The molecule has 0 bridgehead atoms. The van der Waals surface area contributed by atoms with E-state index in [2.05, 4.69) is 0 Å². The summed E-state index contributed by atoms with van der Waals surface area (Å²) in [4.78, 5) is 26.5. The first-order valence-electron chi connectivity index (χ1n) is 12.8. The molecule has 3 aromatic rings. The van der Waals surface area contributed by atoms with Crippen molar-refractivity contribution in [3.8, 4) is 0 Å². The molecule has 38 heavy (non-hydrogen) atoms. The molecule has 2 aliphatic rings. The van der Waals surface area contributed by atoms with Crippen LogP contribution in [0.25, 0.3) is 10.9 Å². The quantitative estimate of drug-likeness (QED) is 0.519. The number of halogens is 1. The van der Waals surface area contributed by atoms with Crippen molar-refractivity contribution in [3.05, 3.63) is 67.8 Å². The van der Waals surface area contributed by atoms with Gasteiger partial charge in [-0.25, -0.2) is 17.6 Å². The number of carboxylic acids is 1. The highest BCUT2D eigenvalue weighted by Gasteiger charge is 2.34. The Morgan fingerprint density at radius 2 is 1.47 bits per heavy atom. The fraction of sp³-hybridized carbons (Fsp3) is 0.429. The number of pyridine rings is 1. The number of aromatic nitrogens is 1. The highest BCUT2D eigenvalue weighted by molar-refractivity contribution is 7.89. The van der Waals surface area contributed by atoms with Crippen molar-refractivity contribution < 1.29 is 22.7 Å². The SMILES string of the molecule is Cc1c(C)c(C)c(S(=O)(=O)N2CCN(c3cc4c(cc3F)c(=O)c(C(=O)O)cn4C3CC3)CC2)c(C)c1C. The summed E-state index contributed by atoms with van der Waals surface area (Å²) in [6, 6.07) is 2.79. The fourth-order valence-corrected chi connectivity index (χ4v) is 7.54. The molecule has 0 radical (unpaired) electrons. The molecule has 1 N–H and O–H groups in total. The number of rotatable bonds is 5. The van der Waals surface area contributed by atoms with E-state index in [0.717, 1.165) is 46.7 Å². The van der Waals surface area contributed by atoms with Gasteiger partial charge >= 0.3 is 5.97 Å². The number of anilines is 1. The first kappa shape index (κ1) is 26.4. The van der Waals surface area contributed by atoms with Gasteiger partial charge in [-0.2, -0.15) is 4.31 Å². The van der Waals surface area contributed by atoms with Crippen LogP contribution in [0.5, 0.6) is 0 Å². The molecule has 1 aliphatic carbocycles. The third kappa shape index (κ3) is 4.10. The molecule has 1 saturated heterocycles. The van der Waals surface area contributed by atoms with Gasteiger partial charge in [-0.05, 0) is 87.4 Å². The van der Waals surface area contributed by atoms with Crippen molar-refractivity contribution in [1.29, 1.82) is 0 Å². The number of nitrogens with zero attached hydrogens (tertiary/aromatic N) is 3. The summed E-state index contributed by atoms with van der Waals surface area (Å²) in [6.45, 7) is 10.5. The van der Waals surface area contributed by atoms with E-state index in [0.29, 0.717) is 10.4 Å². The minimum atomic E-state index is -3.75. The van der Waals surface area contributed by atoms with Crippen molar-refractivity contribution in [2.45, 2.75) is 58.4 Å². The minimum Gasteiger partial charge on any atom is -0.477 e. The van der Waals surface area contributed by atoms with Gasteiger partial charge in [0, 0.05) is 43.8 Å². The van der Waals surface area contributed by atoms with E-state index in [-0.39, 0.29) is 48.9 Å². The van der Waals surface area contributed by atoms with Crippen LogP contribution in [0.3, 0.4) is 0 Å². The van der Waals surface area contributed by atoms with E-state index in [9.17, 15) is 23.1 Å². The second-order valence-electron chi connectivity index (χ2n) is 10.5. The molecule has 0 atom stereocenters. The number of carbonyl (C=O) groups is 1. The Balaban J connectivity index is 1.48. The van der Waals surface area contributed by atoms with Crippen LogP contribution in [-0.2, 0) is 10.0 Å². The predicted octanol–water partition coefficient (Wildman–Crippen LogP) is 4.23. The molecule has 202 valence electrons. The van der Waals surface area contributed by atoms with Crippen LogP contribution in [-0.4, -0.2) is 54.5 Å². The smallest absolute Gasteiger partial charge is 0.341 e. The van der Waals surface area contributed by atoms with Crippen LogP contribution < -0.4 is 10.3 Å². The van der Waals surface area contributed by atoms with E-state index in [1.807, 2.05) is 34.6 Å². The van der Waals surface area contributed by atoms with Crippen molar-refractivity contribution in [2.24, 2.45) is 0 Å². The Bertz CT molecular complexity index is 1640. The molecule has 0 spiro atoms. The van der Waals surface area contributed by atoms with Gasteiger partial charge in [-0.3, -0.25) is 4.79 Å². The number of benzene rings is 2. The molecule has 2 aromatic carbocycles. The molecule has 5 rings (SSSR count). The predicted molar refractivity (Wildman–Crippen MR) is 144 cm³/mol. The molecule has 1 saturated carbocycles. The number of hydrogen-bond acceptors (Lipinski definition) is 5. The molecule has 1 aromatic heterocycles. The monoisotopic (exact) mass is 541 g/mol. The molecule has 1 aliphatic heterocycles. The lowest BCUT2D eigenvalue weighted by Crippen LogP contribution is -2.49. The summed E-state index contributed by atoms with van der Waals surface area (Å²) in [5, 5.41) is 9.50. The third-order valence-corrected chi connectivity index (χ3v) is 10.6. The second kappa shape index (κ2) is 9.20. The molecule has 0 amide bonds. The summed E-state index contributed by atoms with van der Waals surface area (Å²) in [5.74, 6) is -1.97. The largest absolute Gasteiger partial charge is 0.477 e. The van der Waals surface area contributed by atoms with Crippen LogP contribution in [0.15, 0.2) is 28.0 Å². The van der Waals surface area contributed by atoms with Gasteiger partial charge in [0.15, 0.2) is 0 Å². The summed E-state index contributed by atoms with van der Waals surface area (Å²) < 4.78 is 46.0. The highest BCUT2D eigenvalue weighted by Crippen LogP contribution is 2.38. The zero-order valence-corrected chi connectivity index (χ0v) is 23.1. The molecule has 10 heteroatoms. The molecular weight excluding hydrogens is 509 g/mol. The highest BCUT2D eigenvalue weighted by atomic mass is 32.2. The number of fused-ring (bicyclic) bond motifs is 1. The van der Waals surface area contributed by atoms with E-state index < -0.39 is 27.2 Å². The lowest BCUT2D eigenvalue weighted by molar-refractivity contribution is 0.0694. The summed E-state index contributed by atoms with van der Waals surface area (Å²) >= 11 is 0. The van der Waals surface area contributed by atoms with Gasteiger partial charge in [-0.1, -0.05) is 0 Å². The summed E-state index contributed by atoms with van der Waals surface area (Å²) in [5.41, 5.74) is 4.23. The zero-order valence-electron chi connectivity index (χ0n) is 22.3. The molecule has 0 unspecified atom stereocenters. The van der Waals surface area contributed by atoms with Gasteiger partial charge in [0.2, 0.25) is 15.5 Å². The first-order valence-corrected chi connectivity index (χ1v) is 14.2. The number of piperazine rings is 1. The minimum absolute atomic E-state index is 0.0373. The van der Waals surface area contributed by atoms with Crippen LogP contribution in [0.4, 0.5) is 10.1 Å². The molecule has 2 fully saturated rings. The van der Waals surface area contributed by atoms with Crippen LogP contribution >= 0.6 is 0 Å². The maximum Gasteiger partial charge on any atom is 0.341 e. The zero-order chi connectivity index (χ0) is 27.7. The van der Waals surface area contributed by atoms with E-state index in [1.165, 1.54) is 10.5 Å². The molecule has 8 nitrogen and oxygen atoms in total. The van der Waals surface area contributed by atoms with Crippen LogP contribution in [0, 0.1) is 40.4 Å². The Kier molecular flexibility index (Phi) is 6.38. The van der Waals surface area contributed by atoms with Crippen molar-refractivity contribution in [1.82, 2.24) is 8.87 Å². The Hall–Kier alpha value is -3.24. The average Bonchev–Trinajstić information content (AvgIpc) is 3.72. The fourth-order valence-electron chi connectivity index (χ4n) is 5.56. The first-order chi connectivity index (χ1) is 17.8. The van der Waals surface area contributed by atoms with Gasteiger partial charge < -0.3 is 14.6 Å². The normalized spacial score (nSPS) is 16.8. The van der Waals surface area contributed by atoms with Crippen molar-refractivity contribution in [3.63, 3.8) is 0 Å². The lowest BCUT2D eigenvalue weighted by atomic mass is 9.95. The van der Waals surface area contributed by atoms with Crippen molar-refractivity contribution in [2.75, 3.05) is 31.1 Å². The van der Waals surface area contributed by atoms with Crippen LogP contribution in [0.1, 0.15) is 57.1 Å². The standard InChI is InChI=1S/C28H32FN3O5S/c1-15-16(2)18(4)27(19(5)17(15)3)38(36,37)31-10-8-30(9-11-31)25-13-24-21(12-23(25)29)26(33)22(28(34)35)14-32(24)20-6-7-20/h12-14,20H,6-11H2,1-5H3,(H,34,35). The molecule has 2 heterocycles. The van der Waals surface area contributed by atoms with E-state index in [1.54, 1.807) is 15.5 Å². The van der Waals surface area contributed by atoms with Gasteiger partial charge in [-0.15, -0.1) is 0 Å². The van der Waals surface area contributed by atoms with Gasteiger partial charge in [0.25, 0.3) is 0 Å². The number of carboxylic acid groups (broad SMARTS) is 1. The summed E-state index contributed by atoms with van der Waals surface area (Å²) in [7, 11) is -3.75. The number of sulfonamides is 1. The number of aromatic carboxylic acids is 1.